The van der Waals surface area contributed by atoms with Crippen LogP contribution in [0.3, 0.4) is 0 Å². The van der Waals surface area contributed by atoms with E-state index in [1.54, 1.807) is 11.6 Å². The number of amides is 1. The smallest absolute Gasteiger partial charge is 0.296 e. The molecule has 2 aromatic carbocycles. The standard InChI is InChI=1S/C19H15BrN6O2S/c1-26-17(18-22-16(25-28-18)12-6-3-2-4-7-12)23-24-19(26)29-11-15(27)21-14-9-5-8-13(20)10-14/h2-10H,11H2,1H3,(H,21,27). The summed E-state index contributed by atoms with van der Waals surface area (Å²) in [6.07, 6.45) is 0. The molecular weight excluding hydrogens is 456 g/mol. The number of carbonyl (C=O) groups is 1. The lowest BCUT2D eigenvalue weighted by Crippen LogP contribution is -2.14. The molecule has 0 aliphatic rings. The highest BCUT2D eigenvalue weighted by Crippen LogP contribution is 2.24. The average Bonchev–Trinajstić information content (AvgIpc) is 3.34. The van der Waals surface area contributed by atoms with E-state index in [0.717, 1.165) is 15.7 Å². The Morgan fingerprint density at radius 2 is 2.00 bits per heavy atom. The highest BCUT2D eigenvalue weighted by atomic mass is 79.9. The third-order valence-electron chi connectivity index (χ3n) is 3.92. The summed E-state index contributed by atoms with van der Waals surface area (Å²) in [4.78, 5) is 16.6. The number of carbonyl (C=O) groups excluding carboxylic acids is 1. The summed E-state index contributed by atoms with van der Waals surface area (Å²) < 4.78 is 7.96. The molecule has 1 N–H and O–H groups in total. The first-order chi connectivity index (χ1) is 14.1. The van der Waals surface area contributed by atoms with E-state index in [1.165, 1.54) is 11.8 Å². The molecule has 8 nitrogen and oxygen atoms in total. The Balaban J connectivity index is 1.42. The van der Waals surface area contributed by atoms with Crippen molar-refractivity contribution < 1.29 is 9.32 Å². The number of nitrogens with one attached hydrogen (secondary N) is 1. The van der Waals surface area contributed by atoms with Gasteiger partial charge in [0.15, 0.2) is 5.16 Å². The van der Waals surface area contributed by atoms with E-state index in [1.807, 2.05) is 54.6 Å². The molecule has 0 saturated heterocycles. The van der Waals surface area contributed by atoms with Crippen LogP contribution in [0.25, 0.3) is 23.1 Å². The normalized spacial score (nSPS) is 10.8. The van der Waals surface area contributed by atoms with Gasteiger partial charge in [0.05, 0.1) is 5.75 Å². The van der Waals surface area contributed by atoms with Gasteiger partial charge in [-0.05, 0) is 18.2 Å². The minimum atomic E-state index is -0.137. The Bertz CT molecular complexity index is 1140. The van der Waals surface area contributed by atoms with Gasteiger partial charge in [0, 0.05) is 22.8 Å². The van der Waals surface area contributed by atoms with Crippen LogP contribution in [0.1, 0.15) is 0 Å². The molecule has 29 heavy (non-hydrogen) atoms. The molecule has 1 amide bonds. The van der Waals surface area contributed by atoms with Crippen molar-refractivity contribution >= 4 is 39.3 Å². The second kappa shape index (κ2) is 8.58. The average molecular weight is 471 g/mol. The SMILES string of the molecule is Cn1c(SCC(=O)Nc2cccc(Br)c2)nnc1-c1nc(-c2ccccc2)no1. The second-order valence-corrected chi connectivity index (χ2v) is 7.86. The summed E-state index contributed by atoms with van der Waals surface area (Å²) in [5.41, 5.74) is 1.58. The van der Waals surface area contributed by atoms with Crippen molar-refractivity contribution in [2.75, 3.05) is 11.1 Å². The predicted molar refractivity (Wildman–Crippen MR) is 113 cm³/mol. The van der Waals surface area contributed by atoms with Gasteiger partial charge in [-0.15, -0.1) is 10.2 Å². The maximum absolute atomic E-state index is 12.2. The van der Waals surface area contributed by atoms with Crippen LogP contribution in [0.4, 0.5) is 5.69 Å². The Labute approximate surface area is 178 Å². The molecule has 0 bridgehead atoms. The molecule has 146 valence electrons. The molecule has 0 spiro atoms. The minimum absolute atomic E-state index is 0.137. The summed E-state index contributed by atoms with van der Waals surface area (Å²) >= 11 is 4.65. The molecule has 0 saturated carbocycles. The number of rotatable bonds is 6. The van der Waals surface area contributed by atoms with E-state index >= 15 is 0 Å². The molecule has 0 aliphatic heterocycles. The van der Waals surface area contributed by atoms with E-state index < -0.39 is 0 Å². The van der Waals surface area contributed by atoms with Gasteiger partial charge in [-0.3, -0.25) is 4.79 Å². The molecule has 0 atom stereocenters. The zero-order chi connectivity index (χ0) is 20.2. The number of hydrogen-bond donors (Lipinski definition) is 1. The maximum atomic E-state index is 12.2. The zero-order valence-electron chi connectivity index (χ0n) is 15.2. The summed E-state index contributed by atoms with van der Waals surface area (Å²) in [6.45, 7) is 0. The molecule has 0 fully saturated rings. The summed E-state index contributed by atoms with van der Waals surface area (Å²) in [5, 5.41) is 15.7. The molecular formula is C19H15BrN6O2S. The van der Waals surface area contributed by atoms with Crippen LogP contribution in [0, 0.1) is 0 Å². The first kappa shape index (κ1) is 19.3. The Kier molecular flexibility index (Phi) is 5.72. The second-order valence-electron chi connectivity index (χ2n) is 6.00. The lowest BCUT2D eigenvalue weighted by Gasteiger charge is -2.05. The maximum Gasteiger partial charge on any atom is 0.296 e. The molecule has 10 heteroatoms. The van der Waals surface area contributed by atoms with E-state index in [-0.39, 0.29) is 17.6 Å². The summed E-state index contributed by atoms with van der Waals surface area (Å²) in [7, 11) is 1.79. The van der Waals surface area contributed by atoms with Gasteiger partial charge in [0.2, 0.25) is 17.6 Å². The van der Waals surface area contributed by atoms with Crippen LogP contribution in [0.15, 0.2) is 68.7 Å². The van der Waals surface area contributed by atoms with E-state index in [0.29, 0.717) is 16.8 Å². The molecule has 4 aromatic rings. The van der Waals surface area contributed by atoms with Gasteiger partial charge < -0.3 is 14.4 Å². The van der Waals surface area contributed by atoms with Crippen molar-refractivity contribution in [3.63, 3.8) is 0 Å². The van der Waals surface area contributed by atoms with Crippen LogP contribution < -0.4 is 5.32 Å². The van der Waals surface area contributed by atoms with Gasteiger partial charge in [-0.2, -0.15) is 4.98 Å². The molecule has 0 unspecified atom stereocenters. The van der Waals surface area contributed by atoms with Crippen molar-refractivity contribution in [3.8, 4) is 23.1 Å². The highest BCUT2D eigenvalue weighted by Gasteiger charge is 2.19. The van der Waals surface area contributed by atoms with Crippen LogP contribution in [-0.2, 0) is 11.8 Å². The quantitative estimate of drug-likeness (QED) is 0.424. The van der Waals surface area contributed by atoms with Gasteiger partial charge in [0.25, 0.3) is 5.89 Å². The van der Waals surface area contributed by atoms with Crippen molar-refractivity contribution in [2.45, 2.75) is 5.16 Å². The number of halogens is 1. The Morgan fingerprint density at radius 3 is 2.79 bits per heavy atom. The summed E-state index contributed by atoms with van der Waals surface area (Å²) in [5.74, 6) is 1.24. The highest BCUT2D eigenvalue weighted by molar-refractivity contribution is 9.10. The topological polar surface area (TPSA) is 98.7 Å². The number of nitrogens with zero attached hydrogens (tertiary/aromatic N) is 5. The minimum Gasteiger partial charge on any atom is -0.330 e. The first-order valence-electron chi connectivity index (χ1n) is 8.57. The lowest BCUT2D eigenvalue weighted by molar-refractivity contribution is -0.113. The van der Waals surface area contributed by atoms with Crippen molar-refractivity contribution in [1.29, 1.82) is 0 Å². The monoisotopic (exact) mass is 470 g/mol. The predicted octanol–water partition coefficient (Wildman–Crippen LogP) is 4.03. The number of thioether (sulfide) groups is 1. The van der Waals surface area contributed by atoms with Gasteiger partial charge in [-0.25, -0.2) is 0 Å². The molecule has 2 aromatic heterocycles. The summed E-state index contributed by atoms with van der Waals surface area (Å²) in [6, 6.07) is 16.9. The number of anilines is 1. The van der Waals surface area contributed by atoms with Crippen LogP contribution in [0.5, 0.6) is 0 Å². The van der Waals surface area contributed by atoms with Crippen molar-refractivity contribution in [2.24, 2.45) is 7.05 Å². The van der Waals surface area contributed by atoms with E-state index in [9.17, 15) is 4.79 Å². The van der Waals surface area contributed by atoms with Crippen LogP contribution in [0.2, 0.25) is 0 Å². The van der Waals surface area contributed by atoms with Crippen LogP contribution >= 0.6 is 27.7 Å². The largest absolute Gasteiger partial charge is 0.330 e. The molecule has 2 heterocycles. The Morgan fingerprint density at radius 1 is 1.17 bits per heavy atom. The Hall–Kier alpha value is -2.98. The van der Waals surface area contributed by atoms with Gasteiger partial charge >= 0.3 is 0 Å². The van der Waals surface area contributed by atoms with Crippen molar-refractivity contribution in [3.05, 3.63) is 59.1 Å². The fourth-order valence-electron chi connectivity index (χ4n) is 2.54. The van der Waals surface area contributed by atoms with E-state index in [4.69, 9.17) is 4.52 Å². The fraction of sp³-hybridized carbons (Fsp3) is 0.105. The van der Waals surface area contributed by atoms with Gasteiger partial charge in [0.1, 0.15) is 0 Å². The lowest BCUT2D eigenvalue weighted by atomic mass is 10.2. The number of aromatic nitrogens is 5. The van der Waals surface area contributed by atoms with Crippen LogP contribution in [-0.4, -0.2) is 36.6 Å². The molecule has 4 rings (SSSR count). The zero-order valence-corrected chi connectivity index (χ0v) is 17.6. The fourth-order valence-corrected chi connectivity index (χ4v) is 3.65. The van der Waals surface area contributed by atoms with Gasteiger partial charge in [-0.1, -0.05) is 69.2 Å². The molecule has 0 radical (unpaired) electrons. The third-order valence-corrected chi connectivity index (χ3v) is 5.44. The number of benzene rings is 2. The van der Waals surface area contributed by atoms with Crippen molar-refractivity contribution in [1.82, 2.24) is 24.9 Å². The van der Waals surface area contributed by atoms with E-state index in [2.05, 4.69) is 41.6 Å². The molecule has 0 aliphatic carbocycles. The third kappa shape index (κ3) is 4.54. The number of hydrogen-bond acceptors (Lipinski definition) is 7. The first-order valence-corrected chi connectivity index (χ1v) is 10.3.